The number of imidazole rings is 1. The quantitative estimate of drug-likeness (QED) is 0.624. The molecule has 3 aromatic rings. The van der Waals surface area contributed by atoms with E-state index in [-0.39, 0.29) is 5.91 Å². The molecule has 0 spiro atoms. The molecule has 1 aromatic heterocycles. The number of nitrogens with zero attached hydrogens (tertiary/aromatic N) is 1. The van der Waals surface area contributed by atoms with Gasteiger partial charge < -0.3 is 15.4 Å². The van der Waals surface area contributed by atoms with E-state index in [1.54, 1.807) is 42.7 Å². The number of carbonyl (C=O) groups is 1. The van der Waals surface area contributed by atoms with Gasteiger partial charge in [0.1, 0.15) is 0 Å². The summed E-state index contributed by atoms with van der Waals surface area (Å²) in [4.78, 5) is 19.1. The zero-order valence-corrected chi connectivity index (χ0v) is 10.4. The average molecular weight is 265 g/mol. The fourth-order valence-corrected chi connectivity index (χ4v) is 2.68. The van der Waals surface area contributed by atoms with Crippen LogP contribution in [-0.2, 0) is 5.72 Å². The minimum absolute atomic E-state index is 0.271. The molecule has 2 heterocycles. The Bertz CT molecular complexity index is 840. The van der Waals surface area contributed by atoms with E-state index in [2.05, 4.69) is 15.3 Å². The lowest BCUT2D eigenvalue weighted by Gasteiger charge is -2.24. The van der Waals surface area contributed by atoms with Gasteiger partial charge in [0.2, 0.25) is 0 Å². The van der Waals surface area contributed by atoms with Crippen molar-refractivity contribution < 1.29 is 9.90 Å². The second-order valence-electron chi connectivity index (χ2n) is 4.84. The first-order chi connectivity index (χ1) is 9.68. The Balaban J connectivity index is 1.95. The number of H-pyrrole nitrogens is 1. The summed E-state index contributed by atoms with van der Waals surface area (Å²) < 4.78 is 0. The van der Waals surface area contributed by atoms with Crippen LogP contribution in [0.4, 0.5) is 0 Å². The zero-order valence-electron chi connectivity index (χ0n) is 10.4. The molecule has 0 bridgehead atoms. The Kier molecular flexibility index (Phi) is 2.06. The first-order valence-corrected chi connectivity index (χ1v) is 6.26. The summed E-state index contributed by atoms with van der Waals surface area (Å²) in [6.45, 7) is 0. The maximum Gasteiger partial charge on any atom is 0.254 e. The van der Waals surface area contributed by atoms with Crippen LogP contribution in [0.25, 0.3) is 11.0 Å². The van der Waals surface area contributed by atoms with Crippen molar-refractivity contribution in [3.05, 3.63) is 65.5 Å². The largest absolute Gasteiger partial charge is 0.363 e. The van der Waals surface area contributed by atoms with Gasteiger partial charge in [-0.3, -0.25) is 4.79 Å². The van der Waals surface area contributed by atoms with E-state index in [0.29, 0.717) is 16.7 Å². The number of aromatic nitrogens is 2. The summed E-state index contributed by atoms with van der Waals surface area (Å²) in [6.07, 6.45) is 1.60. The molecule has 0 radical (unpaired) electrons. The first kappa shape index (κ1) is 11.2. The predicted octanol–water partition coefficient (Wildman–Crippen LogP) is 1.50. The van der Waals surface area contributed by atoms with Gasteiger partial charge in [0.15, 0.2) is 5.72 Å². The summed E-state index contributed by atoms with van der Waals surface area (Å²) in [6, 6.07) is 12.4. The summed E-state index contributed by atoms with van der Waals surface area (Å²) >= 11 is 0. The van der Waals surface area contributed by atoms with E-state index < -0.39 is 5.72 Å². The van der Waals surface area contributed by atoms with Gasteiger partial charge in [-0.2, -0.15) is 0 Å². The molecule has 20 heavy (non-hydrogen) atoms. The van der Waals surface area contributed by atoms with E-state index in [9.17, 15) is 9.90 Å². The molecule has 0 saturated heterocycles. The van der Waals surface area contributed by atoms with Gasteiger partial charge in [0.05, 0.1) is 17.4 Å². The monoisotopic (exact) mass is 265 g/mol. The molecule has 1 aliphatic rings. The van der Waals surface area contributed by atoms with Gasteiger partial charge in [-0.15, -0.1) is 0 Å². The van der Waals surface area contributed by atoms with Crippen molar-refractivity contribution in [3.63, 3.8) is 0 Å². The topological polar surface area (TPSA) is 78.0 Å². The van der Waals surface area contributed by atoms with Gasteiger partial charge in [-0.1, -0.05) is 24.3 Å². The summed E-state index contributed by atoms with van der Waals surface area (Å²) in [5.41, 5.74) is 1.81. The van der Waals surface area contributed by atoms with Crippen molar-refractivity contribution >= 4 is 16.9 Å². The number of fused-ring (bicyclic) bond motifs is 2. The maximum atomic E-state index is 12.0. The number of nitrogens with one attached hydrogen (secondary N) is 2. The van der Waals surface area contributed by atoms with Crippen molar-refractivity contribution in [3.8, 4) is 0 Å². The van der Waals surface area contributed by atoms with Gasteiger partial charge >= 0.3 is 0 Å². The summed E-state index contributed by atoms with van der Waals surface area (Å²) in [5.74, 6) is -0.271. The number of hydrogen-bond donors (Lipinski definition) is 3. The molecule has 2 aromatic carbocycles. The van der Waals surface area contributed by atoms with Crippen LogP contribution in [0.15, 0.2) is 48.8 Å². The van der Waals surface area contributed by atoms with Crippen molar-refractivity contribution in [2.75, 3.05) is 0 Å². The maximum absolute atomic E-state index is 12.0. The zero-order chi connectivity index (χ0) is 13.7. The van der Waals surface area contributed by atoms with Crippen LogP contribution in [0.3, 0.4) is 0 Å². The molecular formula is C15H11N3O2. The third-order valence-electron chi connectivity index (χ3n) is 3.69. The van der Waals surface area contributed by atoms with Gasteiger partial charge in [-0.05, 0) is 18.2 Å². The lowest BCUT2D eigenvalue weighted by Crippen LogP contribution is -2.40. The Morgan fingerprint density at radius 2 is 2.00 bits per heavy atom. The molecule has 5 nitrogen and oxygen atoms in total. The SMILES string of the molecule is O=C1NC(O)(c2ccc3nc[nH]c3c2)c2ccccc21. The molecule has 0 saturated carbocycles. The number of aromatic amines is 1. The predicted molar refractivity (Wildman–Crippen MR) is 73.0 cm³/mol. The van der Waals surface area contributed by atoms with Crippen LogP contribution in [0.1, 0.15) is 21.5 Å². The van der Waals surface area contributed by atoms with Gasteiger partial charge in [0, 0.05) is 16.7 Å². The van der Waals surface area contributed by atoms with Crippen LogP contribution in [0.2, 0.25) is 0 Å². The number of hydrogen-bond acceptors (Lipinski definition) is 3. The number of benzene rings is 2. The molecule has 5 heteroatoms. The Morgan fingerprint density at radius 3 is 2.90 bits per heavy atom. The summed E-state index contributed by atoms with van der Waals surface area (Å²) in [5, 5.41) is 13.6. The van der Waals surface area contributed by atoms with E-state index in [1.807, 2.05) is 6.07 Å². The number of amides is 1. The van der Waals surface area contributed by atoms with Crippen molar-refractivity contribution in [2.45, 2.75) is 5.72 Å². The van der Waals surface area contributed by atoms with Crippen molar-refractivity contribution in [2.24, 2.45) is 0 Å². The minimum atomic E-state index is -1.49. The first-order valence-electron chi connectivity index (χ1n) is 6.26. The smallest absolute Gasteiger partial charge is 0.254 e. The lowest BCUT2D eigenvalue weighted by atomic mass is 9.94. The number of aliphatic hydroxyl groups is 1. The average Bonchev–Trinajstić information content (AvgIpc) is 3.03. The van der Waals surface area contributed by atoms with Crippen molar-refractivity contribution in [1.82, 2.24) is 15.3 Å². The molecule has 4 rings (SSSR count). The fourth-order valence-electron chi connectivity index (χ4n) is 2.68. The molecule has 1 atom stereocenters. The Morgan fingerprint density at radius 1 is 1.15 bits per heavy atom. The second-order valence-corrected chi connectivity index (χ2v) is 4.84. The number of carbonyl (C=O) groups excluding carboxylic acids is 1. The standard InChI is InChI=1S/C15H11N3O2/c19-14-10-3-1-2-4-11(10)15(20,18-14)9-5-6-12-13(7-9)17-8-16-12/h1-8,20H,(H,16,17)(H,18,19). The molecular weight excluding hydrogens is 254 g/mol. The molecule has 1 amide bonds. The third-order valence-corrected chi connectivity index (χ3v) is 3.69. The van der Waals surface area contributed by atoms with Gasteiger partial charge in [0.25, 0.3) is 5.91 Å². The van der Waals surface area contributed by atoms with Crippen LogP contribution in [0, 0.1) is 0 Å². The second kappa shape index (κ2) is 3.68. The molecule has 0 fully saturated rings. The fraction of sp³-hybridized carbons (Fsp3) is 0.0667. The molecule has 98 valence electrons. The normalized spacial score (nSPS) is 20.9. The molecule has 0 aliphatic carbocycles. The van der Waals surface area contributed by atoms with E-state index >= 15 is 0 Å². The highest BCUT2D eigenvalue weighted by molar-refractivity contribution is 6.00. The highest BCUT2D eigenvalue weighted by atomic mass is 16.3. The minimum Gasteiger partial charge on any atom is -0.363 e. The van der Waals surface area contributed by atoms with E-state index in [1.165, 1.54) is 0 Å². The highest BCUT2D eigenvalue weighted by Gasteiger charge is 2.42. The van der Waals surface area contributed by atoms with Crippen LogP contribution in [-0.4, -0.2) is 21.0 Å². The van der Waals surface area contributed by atoms with Crippen molar-refractivity contribution in [1.29, 1.82) is 0 Å². The molecule has 1 aliphatic heterocycles. The molecule has 1 unspecified atom stereocenters. The summed E-state index contributed by atoms with van der Waals surface area (Å²) in [7, 11) is 0. The Labute approximate surface area is 114 Å². The number of rotatable bonds is 1. The van der Waals surface area contributed by atoms with Crippen LogP contribution < -0.4 is 5.32 Å². The van der Waals surface area contributed by atoms with Gasteiger partial charge in [-0.25, -0.2) is 4.98 Å². The lowest BCUT2D eigenvalue weighted by molar-refractivity contribution is 0.0477. The van der Waals surface area contributed by atoms with Crippen LogP contribution >= 0.6 is 0 Å². The highest BCUT2D eigenvalue weighted by Crippen LogP contribution is 2.35. The Hall–Kier alpha value is -2.66. The van der Waals surface area contributed by atoms with E-state index in [0.717, 1.165) is 11.0 Å². The third kappa shape index (κ3) is 1.35. The van der Waals surface area contributed by atoms with E-state index in [4.69, 9.17) is 0 Å². The molecule has 3 N–H and O–H groups in total. The van der Waals surface area contributed by atoms with Crippen LogP contribution in [0.5, 0.6) is 0 Å².